The summed E-state index contributed by atoms with van der Waals surface area (Å²) in [5.74, 6) is -2.14. The third-order valence-corrected chi connectivity index (χ3v) is 3.34. The first-order valence-corrected chi connectivity index (χ1v) is 9.21. The van der Waals surface area contributed by atoms with E-state index < -0.39 is 37.7 Å². The molecule has 0 aliphatic rings. The predicted octanol–water partition coefficient (Wildman–Crippen LogP) is 0.704. The molecule has 0 saturated heterocycles. The highest BCUT2D eigenvalue weighted by Gasteiger charge is 2.31. The molecule has 24 heavy (non-hydrogen) atoms. The van der Waals surface area contributed by atoms with E-state index in [9.17, 15) is 18.9 Å². The van der Waals surface area contributed by atoms with E-state index in [2.05, 4.69) is 15.2 Å². The molecule has 0 aliphatic carbocycles. The van der Waals surface area contributed by atoms with Crippen molar-refractivity contribution in [3.05, 3.63) is 0 Å². The van der Waals surface area contributed by atoms with Crippen LogP contribution in [0, 0.1) is 11.8 Å². The molecule has 0 spiro atoms. The van der Waals surface area contributed by atoms with E-state index in [4.69, 9.17) is 9.79 Å². The van der Waals surface area contributed by atoms with Crippen LogP contribution in [-0.4, -0.2) is 39.7 Å². The second kappa shape index (κ2) is 9.76. The van der Waals surface area contributed by atoms with Crippen LogP contribution in [0.2, 0.25) is 0 Å². The first-order chi connectivity index (χ1) is 10.8. The van der Waals surface area contributed by atoms with Crippen LogP contribution >= 0.6 is 7.82 Å². The smallest absolute Gasteiger partial charge is 0.369 e. The number of phosphoric acid groups is 1. The molecule has 0 saturated carbocycles. The normalized spacial score (nSPS) is 14.2. The summed E-state index contributed by atoms with van der Waals surface area (Å²) < 4.78 is 14.9. The molecule has 0 aromatic heterocycles. The highest BCUT2D eigenvalue weighted by Crippen LogP contribution is 2.36. The summed E-state index contributed by atoms with van der Waals surface area (Å²) >= 11 is 0. The van der Waals surface area contributed by atoms with Gasteiger partial charge in [-0.2, -0.15) is 0 Å². The number of nitrogens with one attached hydrogen (secondary N) is 2. The van der Waals surface area contributed by atoms with Gasteiger partial charge in [0.05, 0.1) is 0 Å². The summed E-state index contributed by atoms with van der Waals surface area (Å²) in [6.07, 6.45) is 0.492. The van der Waals surface area contributed by atoms with Crippen LogP contribution in [0.3, 0.4) is 0 Å². The Labute approximate surface area is 141 Å². The Balaban J connectivity index is 5.14. The zero-order valence-electron chi connectivity index (χ0n) is 14.6. The fraction of sp³-hybridized carbons (Fsp3) is 0.786. The van der Waals surface area contributed by atoms with Crippen LogP contribution in [0.25, 0.3) is 0 Å². The quantitative estimate of drug-likeness (QED) is 0.440. The van der Waals surface area contributed by atoms with E-state index in [0.29, 0.717) is 6.42 Å². The number of hydrogen-bond donors (Lipinski definition) is 4. The fourth-order valence-electron chi connectivity index (χ4n) is 2.09. The van der Waals surface area contributed by atoms with Gasteiger partial charge in [-0.1, -0.05) is 27.7 Å². The zero-order valence-corrected chi connectivity index (χ0v) is 15.5. The van der Waals surface area contributed by atoms with Crippen LogP contribution in [0.1, 0.15) is 47.5 Å². The van der Waals surface area contributed by atoms with Gasteiger partial charge in [0.25, 0.3) is 0 Å². The zero-order chi connectivity index (χ0) is 19.1. The van der Waals surface area contributed by atoms with Gasteiger partial charge in [0.1, 0.15) is 12.1 Å². The maximum absolute atomic E-state index is 12.3. The number of hydrogen-bond acceptors (Lipinski definition) is 5. The molecule has 0 aromatic carbocycles. The molecule has 10 heteroatoms. The Bertz CT molecular complexity index is 501. The standard InChI is InChI=1S/C14H27N2O7P/c1-8(2)6-11(15-10(5)17)13(18)16-12(7-9(3)4)14(19)23-24(20,21)22/h8-9,11-12H,6-7H2,1-5H3,(H,15,17)(H,16,18)(H2,20,21,22)/t11-,12-/m0/s1. The second-order valence-corrected chi connectivity index (χ2v) is 7.64. The lowest BCUT2D eigenvalue weighted by Crippen LogP contribution is -2.52. The van der Waals surface area contributed by atoms with Gasteiger partial charge in [0.2, 0.25) is 11.8 Å². The van der Waals surface area contributed by atoms with E-state index >= 15 is 0 Å². The fourth-order valence-corrected chi connectivity index (χ4v) is 2.45. The van der Waals surface area contributed by atoms with Crippen molar-refractivity contribution in [2.24, 2.45) is 11.8 Å². The van der Waals surface area contributed by atoms with Crippen molar-refractivity contribution in [1.82, 2.24) is 10.6 Å². The van der Waals surface area contributed by atoms with Crippen molar-refractivity contribution >= 4 is 25.6 Å². The van der Waals surface area contributed by atoms with Gasteiger partial charge in [-0.15, -0.1) is 0 Å². The monoisotopic (exact) mass is 366 g/mol. The van der Waals surface area contributed by atoms with Crippen LogP contribution in [0.4, 0.5) is 0 Å². The van der Waals surface area contributed by atoms with Gasteiger partial charge < -0.3 is 15.2 Å². The van der Waals surface area contributed by atoms with Crippen LogP contribution < -0.4 is 10.6 Å². The Morgan fingerprint density at radius 1 is 0.958 bits per heavy atom. The molecule has 2 atom stereocenters. The average molecular weight is 366 g/mol. The molecule has 0 unspecified atom stereocenters. The van der Waals surface area contributed by atoms with Crippen molar-refractivity contribution < 1.29 is 33.3 Å². The van der Waals surface area contributed by atoms with E-state index in [1.807, 2.05) is 13.8 Å². The molecule has 140 valence electrons. The van der Waals surface area contributed by atoms with Crippen molar-refractivity contribution in [1.29, 1.82) is 0 Å². The Morgan fingerprint density at radius 2 is 1.42 bits per heavy atom. The van der Waals surface area contributed by atoms with Crippen LogP contribution in [0.5, 0.6) is 0 Å². The molecular weight excluding hydrogens is 339 g/mol. The summed E-state index contributed by atoms with van der Waals surface area (Å²) in [5, 5.41) is 4.91. The minimum atomic E-state index is -5.00. The lowest BCUT2D eigenvalue weighted by molar-refractivity contribution is -0.141. The summed E-state index contributed by atoms with van der Waals surface area (Å²) in [7, 11) is -5.00. The van der Waals surface area contributed by atoms with E-state index in [1.54, 1.807) is 13.8 Å². The summed E-state index contributed by atoms with van der Waals surface area (Å²) in [6, 6.07) is -2.06. The van der Waals surface area contributed by atoms with Gasteiger partial charge >= 0.3 is 13.8 Å². The van der Waals surface area contributed by atoms with Crippen molar-refractivity contribution in [2.75, 3.05) is 0 Å². The summed E-state index contributed by atoms with van der Waals surface area (Å²) in [6.45, 7) is 8.58. The van der Waals surface area contributed by atoms with E-state index in [-0.39, 0.29) is 18.3 Å². The maximum Gasteiger partial charge on any atom is 0.527 e. The van der Waals surface area contributed by atoms with Crippen LogP contribution in [0.15, 0.2) is 0 Å². The van der Waals surface area contributed by atoms with Gasteiger partial charge in [-0.25, -0.2) is 9.36 Å². The lowest BCUT2D eigenvalue weighted by atomic mass is 10.0. The number of phosphoric ester groups is 1. The minimum Gasteiger partial charge on any atom is -0.369 e. The van der Waals surface area contributed by atoms with Gasteiger partial charge in [0.15, 0.2) is 0 Å². The molecule has 0 heterocycles. The maximum atomic E-state index is 12.3. The van der Waals surface area contributed by atoms with Crippen molar-refractivity contribution in [3.63, 3.8) is 0 Å². The predicted molar refractivity (Wildman–Crippen MR) is 86.6 cm³/mol. The molecule has 2 amide bonds. The van der Waals surface area contributed by atoms with Crippen LogP contribution in [-0.2, 0) is 23.5 Å². The Hall–Kier alpha value is -1.44. The largest absolute Gasteiger partial charge is 0.527 e. The average Bonchev–Trinajstić information content (AvgIpc) is 2.33. The van der Waals surface area contributed by atoms with Gasteiger partial charge in [-0.3, -0.25) is 19.4 Å². The molecular formula is C14H27N2O7P. The molecule has 4 N–H and O–H groups in total. The molecule has 0 aromatic rings. The van der Waals surface area contributed by atoms with Gasteiger partial charge in [-0.05, 0) is 24.7 Å². The van der Waals surface area contributed by atoms with Crippen molar-refractivity contribution in [2.45, 2.75) is 59.5 Å². The lowest BCUT2D eigenvalue weighted by Gasteiger charge is -2.24. The minimum absolute atomic E-state index is 0.0380. The molecule has 0 fully saturated rings. The van der Waals surface area contributed by atoms with E-state index in [1.165, 1.54) is 6.92 Å². The number of carbonyl (C=O) groups excluding carboxylic acids is 3. The molecule has 0 radical (unpaired) electrons. The number of rotatable bonds is 9. The topological polar surface area (TPSA) is 142 Å². The molecule has 0 bridgehead atoms. The first-order valence-electron chi connectivity index (χ1n) is 7.68. The number of carbonyl (C=O) groups is 3. The molecule has 0 aliphatic heterocycles. The molecule has 0 rings (SSSR count). The summed E-state index contributed by atoms with van der Waals surface area (Å²) in [5.41, 5.74) is 0. The van der Waals surface area contributed by atoms with E-state index in [0.717, 1.165) is 0 Å². The van der Waals surface area contributed by atoms with Crippen molar-refractivity contribution in [3.8, 4) is 0 Å². The first kappa shape index (κ1) is 22.6. The summed E-state index contributed by atoms with van der Waals surface area (Å²) in [4.78, 5) is 53.0. The molecule has 9 nitrogen and oxygen atoms in total. The highest BCUT2D eigenvalue weighted by atomic mass is 31.2. The number of amides is 2. The Kier molecular flexibility index (Phi) is 9.17. The van der Waals surface area contributed by atoms with Gasteiger partial charge in [0, 0.05) is 6.92 Å². The SMILES string of the molecule is CC(=O)N[C@@H](CC(C)C)C(=O)N[C@@H](CC(C)C)C(=O)OP(=O)(O)O. The second-order valence-electron chi connectivity index (χ2n) is 6.47. The third-order valence-electron chi connectivity index (χ3n) is 2.92. The highest BCUT2D eigenvalue weighted by molar-refractivity contribution is 7.46. The third kappa shape index (κ3) is 10.4. The Morgan fingerprint density at radius 3 is 1.79 bits per heavy atom.